The monoisotopic (exact) mass is 637 g/mol. The zero-order valence-electron chi connectivity index (χ0n) is 25.2. The highest BCUT2D eigenvalue weighted by atomic mass is 35.5. The van der Waals surface area contributed by atoms with Gasteiger partial charge in [0.1, 0.15) is 13.2 Å². The van der Waals surface area contributed by atoms with E-state index in [2.05, 4.69) is 6.92 Å². The Labute approximate surface area is 266 Å². The summed E-state index contributed by atoms with van der Waals surface area (Å²) in [5.41, 5.74) is 5.05. The predicted octanol–water partition coefficient (Wildman–Crippen LogP) is 5.24. The lowest BCUT2D eigenvalue weighted by Crippen LogP contribution is -2.63. The number of nitrogen functional groups attached to an aromatic ring is 1. The first-order chi connectivity index (χ1) is 21.4. The number of nitrogens with two attached hydrogens (primary N) is 1. The van der Waals surface area contributed by atoms with E-state index in [1.54, 1.807) is 30.4 Å². The van der Waals surface area contributed by atoms with Crippen molar-refractivity contribution in [3.05, 3.63) is 82.2 Å². The Morgan fingerprint density at radius 3 is 2.80 bits per heavy atom. The van der Waals surface area contributed by atoms with Crippen molar-refractivity contribution in [3.63, 3.8) is 0 Å². The fraction of sp³-hybridized carbons (Fsp3) is 0.486. The second-order valence-corrected chi connectivity index (χ2v) is 14.1. The molecule has 0 unspecified atom stereocenters. The maximum absolute atomic E-state index is 16.1. The second-order valence-electron chi connectivity index (χ2n) is 13.6. The fourth-order valence-corrected chi connectivity index (χ4v) is 9.77. The minimum Gasteiger partial charge on any atom is -0.486 e. The highest BCUT2D eigenvalue weighted by Gasteiger charge is 2.76. The van der Waals surface area contributed by atoms with Gasteiger partial charge in [-0.1, -0.05) is 49.2 Å². The number of Topliss-reactive ketones (excluding diaryl/α,β-unsaturated/α-hetero) is 1. The molecule has 1 aliphatic heterocycles. The second kappa shape index (κ2) is 10.7. The average Bonchev–Trinajstić information content (AvgIpc) is 3.49. The van der Waals surface area contributed by atoms with Crippen LogP contribution in [-0.2, 0) is 25.7 Å². The topological polar surface area (TPSA) is 128 Å². The molecule has 0 bridgehead atoms. The lowest BCUT2D eigenvalue weighted by molar-refractivity contribution is -0.201. The molecular weight excluding hydrogens is 601 g/mol. The van der Waals surface area contributed by atoms with Gasteiger partial charge in [-0.25, -0.2) is 4.39 Å². The molecule has 0 aromatic heterocycles. The van der Waals surface area contributed by atoms with Crippen molar-refractivity contribution in [1.29, 1.82) is 0 Å². The minimum absolute atomic E-state index is 0.00226. The number of ketones is 2. The van der Waals surface area contributed by atoms with E-state index in [-0.39, 0.29) is 52.9 Å². The van der Waals surface area contributed by atoms with Gasteiger partial charge in [-0.2, -0.15) is 0 Å². The third kappa shape index (κ3) is 4.38. The number of hydrogen-bond acceptors (Lipinski definition) is 8. The molecule has 1 heterocycles. The number of benzene rings is 2. The van der Waals surface area contributed by atoms with E-state index in [9.17, 15) is 19.8 Å². The van der Waals surface area contributed by atoms with Gasteiger partial charge in [0.25, 0.3) is 0 Å². The van der Waals surface area contributed by atoms with Crippen LogP contribution in [0.1, 0.15) is 56.9 Å². The smallest absolute Gasteiger partial charge is 0.193 e. The molecule has 45 heavy (non-hydrogen) atoms. The number of hydrogen-bond donors (Lipinski definition) is 3. The first kappa shape index (κ1) is 30.6. The highest BCUT2D eigenvalue weighted by molar-refractivity contribution is 6.31. The molecule has 10 heteroatoms. The van der Waals surface area contributed by atoms with Crippen LogP contribution in [0.5, 0.6) is 5.75 Å². The molecule has 0 spiro atoms. The standard InChI is InChI=1S/C35H37ClFNO7/c1-33-11-10-21(40)13-19(33)6-7-22-23-14-28-35(27(42)16-39,34(23,2)15-25(41)30(22)33)45-32(44-28)29-24(36)8-9-26(31(29)37)43-17-18-4-3-5-20(38)12-18/h3-5,8-13,22-23,25,28,30,32,39,41H,6-7,14-17,38H2,1-2H3/t22-,23-,25-,28+,30+,32+,33-,34-,35+/m0/s1. The Bertz CT molecular complexity index is 1640. The van der Waals surface area contributed by atoms with Crippen LogP contribution in [0, 0.1) is 34.4 Å². The van der Waals surface area contributed by atoms with Crippen molar-refractivity contribution < 1.29 is 38.4 Å². The van der Waals surface area contributed by atoms with Crippen LogP contribution in [-0.4, -0.2) is 46.2 Å². The molecule has 2 aromatic rings. The molecule has 8 nitrogen and oxygen atoms in total. The van der Waals surface area contributed by atoms with Gasteiger partial charge >= 0.3 is 0 Å². The summed E-state index contributed by atoms with van der Waals surface area (Å²) < 4.78 is 34.8. The molecule has 4 N–H and O–H groups in total. The molecule has 7 rings (SSSR count). The van der Waals surface area contributed by atoms with Crippen LogP contribution in [0.4, 0.5) is 10.1 Å². The number of allylic oxidation sites excluding steroid dienone is 4. The van der Waals surface area contributed by atoms with Crippen LogP contribution >= 0.6 is 11.6 Å². The molecule has 1 saturated heterocycles. The van der Waals surface area contributed by atoms with Crippen LogP contribution in [0.25, 0.3) is 0 Å². The number of fused-ring (bicyclic) bond motifs is 7. The third-order valence-corrected chi connectivity index (χ3v) is 11.8. The van der Waals surface area contributed by atoms with E-state index >= 15 is 4.39 Å². The van der Waals surface area contributed by atoms with Crippen molar-refractivity contribution in [3.8, 4) is 5.75 Å². The number of ether oxygens (including phenoxy) is 3. The first-order valence-corrected chi connectivity index (χ1v) is 15.9. The van der Waals surface area contributed by atoms with E-state index in [1.807, 2.05) is 19.1 Å². The molecule has 4 aliphatic carbocycles. The molecular formula is C35H37ClFNO7. The fourth-order valence-electron chi connectivity index (χ4n) is 9.54. The maximum Gasteiger partial charge on any atom is 0.193 e. The van der Waals surface area contributed by atoms with Gasteiger partial charge in [0.15, 0.2) is 35.0 Å². The summed E-state index contributed by atoms with van der Waals surface area (Å²) in [6.45, 7) is 3.26. The van der Waals surface area contributed by atoms with Gasteiger partial charge in [0.2, 0.25) is 0 Å². The number of aliphatic hydroxyl groups is 2. The molecule has 2 aromatic carbocycles. The number of halogens is 2. The number of rotatable bonds is 6. The molecule has 5 aliphatic rings. The molecule has 3 saturated carbocycles. The summed E-state index contributed by atoms with van der Waals surface area (Å²) in [6, 6.07) is 9.99. The summed E-state index contributed by atoms with van der Waals surface area (Å²) in [5.74, 6) is -1.71. The van der Waals surface area contributed by atoms with E-state index in [0.717, 1.165) is 17.6 Å². The Kier molecular flexibility index (Phi) is 7.30. The largest absolute Gasteiger partial charge is 0.486 e. The molecule has 4 fully saturated rings. The van der Waals surface area contributed by atoms with Crippen LogP contribution in [0.15, 0.2) is 60.2 Å². The normalized spacial score (nSPS) is 38.2. The zero-order valence-corrected chi connectivity index (χ0v) is 25.9. The van der Waals surface area contributed by atoms with E-state index in [1.165, 1.54) is 12.1 Å². The van der Waals surface area contributed by atoms with Crippen LogP contribution in [0.2, 0.25) is 5.02 Å². The van der Waals surface area contributed by atoms with Gasteiger partial charge in [-0.3, -0.25) is 9.59 Å². The molecule has 0 radical (unpaired) electrons. The maximum atomic E-state index is 16.1. The average molecular weight is 638 g/mol. The number of aliphatic hydroxyl groups excluding tert-OH is 2. The quantitative estimate of drug-likeness (QED) is 0.367. The van der Waals surface area contributed by atoms with Gasteiger partial charge < -0.3 is 30.2 Å². The van der Waals surface area contributed by atoms with Gasteiger partial charge in [0.05, 0.1) is 22.8 Å². The van der Waals surface area contributed by atoms with Crippen molar-refractivity contribution >= 4 is 28.9 Å². The summed E-state index contributed by atoms with van der Waals surface area (Å²) in [7, 11) is 0. The third-order valence-electron chi connectivity index (χ3n) is 11.5. The first-order valence-electron chi connectivity index (χ1n) is 15.5. The minimum atomic E-state index is -1.63. The molecule has 238 valence electrons. The van der Waals surface area contributed by atoms with Crippen LogP contribution < -0.4 is 10.5 Å². The summed E-state index contributed by atoms with van der Waals surface area (Å²) in [6.07, 6.45) is 4.30. The Hall–Kier alpha value is -3.08. The SMILES string of the molecule is C[C@]12C=CC(=O)C=C1CC[C@@H]1[C@@H]2[C@@H](O)C[C@@]2(C)[C@H]1C[C@H]1O[C@@H](c3c(Cl)ccc(OCc4cccc(N)c4)c3F)O[C@]12C(=O)CO. The molecule has 0 amide bonds. The van der Waals surface area contributed by atoms with E-state index < -0.39 is 53.1 Å². The van der Waals surface area contributed by atoms with Crippen molar-refractivity contribution in [1.82, 2.24) is 0 Å². The Balaban J connectivity index is 1.21. The predicted molar refractivity (Wildman–Crippen MR) is 164 cm³/mol. The van der Waals surface area contributed by atoms with E-state index in [4.69, 9.17) is 31.5 Å². The number of carbonyl (C=O) groups excluding carboxylic acids is 2. The van der Waals surface area contributed by atoms with E-state index in [0.29, 0.717) is 18.5 Å². The van der Waals surface area contributed by atoms with Crippen molar-refractivity contribution in [2.45, 2.75) is 70.2 Å². The Morgan fingerprint density at radius 1 is 1.24 bits per heavy atom. The van der Waals surface area contributed by atoms with Crippen LogP contribution in [0.3, 0.4) is 0 Å². The lowest BCUT2D eigenvalue weighted by atomic mass is 9.46. The zero-order chi connectivity index (χ0) is 31.9. The van der Waals surface area contributed by atoms with Gasteiger partial charge in [-0.05, 0) is 79.5 Å². The lowest BCUT2D eigenvalue weighted by Gasteiger charge is -2.59. The summed E-state index contributed by atoms with van der Waals surface area (Å²) in [5, 5.41) is 22.1. The van der Waals surface area contributed by atoms with Gasteiger partial charge in [0, 0.05) is 22.4 Å². The number of carbonyl (C=O) groups is 2. The van der Waals surface area contributed by atoms with Crippen molar-refractivity contribution in [2.24, 2.45) is 28.6 Å². The van der Waals surface area contributed by atoms with Gasteiger partial charge in [-0.15, -0.1) is 0 Å². The molecule has 9 atom stereocenters. The summed E-state index contributed by atoms with van der Waals surface area (Å²) >= 11 is 6.53. The highest BCUT2D eigenvalue weighted by Crippen LogP contribution is 2.70. The Morgan fingerprint density at radius 2 is 2.04 bits per heavy atom. The van der Waals surface area contributed by atoms with Crippen molar-refractivity contribution in [2.75, 3.05) is 12.3 Å². The number of anilines is 1. The summed E-state index contributed by atoms with van der Waals surface area (Å²) in [4.78, 5) is 26.0.